The smallest absolute Gasteiger partial charge is 0.193 e. The van der Waals surface area contributed by atoms with Gasteiger partial charge in [-0.1, -0.05) is 0 Å². The Morgan fingerprint density at radius 2 is 1.88 bits per heavy atom. The van der Waals surface area contributed by atoms with Gasteiger partial charge in [0.05, 0.1) is 6.92 Å². The van der Waals surface area contributed by atoms with Crippen LogP contribution in [0.25, 0.3) is 0 Å². The molecule has 0 aromatic heterocycles. The quantitative estimate of drug-likeness (QED) is 0.539. The van der Waals surface area contributed by atoms with Gasteiger partial charge in [-0.2, -0.15) is 35.8 Å². The molecule has 1 atom stereocenters. The lowest BCUT2D eigenvalue weighted by molar-refractivity contribution is -0.591. The Bertz CT molecular complexity index is 446. The second-order valence-corrected chi connectivity index (χ2v) is 4.95. The third kappa shape index (κ3) is 2.40. The largest absolute Gasteiger partial charge is 0.523 e. The highest BCUT2D eigenvalue weighted by Gasteiger charge is 2.54. The molecule has 0 saturated heterocycles. The molecule has 1 aliphatic rings. The predicted molar refractivity (Wildman–Crippen MR) is 49.2 cm³/mol. The van der Waals surface area contributed by atoms with Gasteiger partial charge in [0.25, 0.3) is 0 Å². The molecule has 0 saturated carbocycles. The van der Waals surface area contributed by atoms with Gasteiger partial charge in [-0.25, -0.2) is 0 Å². The van der Waals surface area contributed by atoms with Crippen LogP contribution in [0, 0.1) is 0 Å². The number of rotatable bonds is 2. The lowest BCUT2D eigenvalue weighted by Crippen LogP contribution is -2.84. The maximum atomic E-state index is 12.1. The molecular weight excluding hydrogens is 249 g/mol. The van der Waals surface area contributed by atoms with Crippen molar-refractivity contribution < 1.29 is 30.8 Å². The Kier molecular flexibility index (Phi) is 2.88. The highest BCUT2D eigenvalue weighted by Crippen LogP contribution is 2.27. The second-order valence-electron chi connectivity index (χ2n) is 3.41. The van der Waals surface area contributed by atoms with Crippen molar-refractivity contribution in [2.45, 2.75) is 32.1 Å². The summed E-state index contributed by atoms with van der Waals surface area (Å²) < 4.78 is 61.7. The van der Waals surface area contributed by atoms with Gasteiger partial charge in [0.15, 0.2) is 5.71 Å². The number of nitrogens with one attached hydrogen (secondary N) is 1. The lowest BCUT2D eigenvalue weighted by atomic mass is 10.3. The van der Waals surface area contributed by atoms with Crippen LogP contribution in [-0.4, -0.2) is 31.2 Å². The van der Waals surface area contributed by atoms with Gasteiger partial charge in [0.1, 0.15) is 5.71 Å². The molecule has 92 valence electrons. The molecule has 0 spiro atoms. The Morgan fingerprint density at radius 3 is 2.19 bits per heavy atom. The van der Waals surface area contributed by atoms with Crippen molar-refractivity contribution in [2.75, 3.05) is 0 Å². The molecule has 1 N–H and O–H groups in total. The molecule has 5 nitrogen and oxygen atoms in total. The van der Waals surface area contributed by atoms with Crippen LogP contribution in [0.5, 0.6) is 0 Å². The summed E-state index contributed by atoms with van der Waals surface area (Å²) in [5.41, 5.74) is -4.61. The number of aliphatic imine (C=N–C) groups is 1. The fraction of sp³-hybridized carbons (Fsp3) is 0.714. The first-order chi connectivity index (χ1) is 6.97. The third-order valence-electron chi connectivity index (χ3n) is 1.90. The zero-order valence-electron chi connectivity index (χ0n) is 8.71. The summed E-state index contributed by atoms with van der Waals surface area (Å²) in [5.74, 6) is -1.93. The average molecular weight is 259 g/mol. The van der Waals surface area contributed by atoms with E-state index in [9.17, 15) is 21.6 Å². The van der Waals surface area contributed by atoms with Crippen molar-refractivity contribution in [3.05, 3.63) is 0 Å². The summed E-state index contributed by atoms with van der Waals surface area (Å²) in [6.45, 7) is 4.17. The highest BCUT2D eigenvalue weighted by molar-refractivity contribution is 7.87. The van der Waals surface area contributed by atoms with Gasteiger partial charge in [0, 0.05) is 6.92 Å². The monoisotopic (exact) mass is 259 g/mol. The normalized spacial score (nSPS) is 26.6. The van der Waals surface area contributed by atoms with Crippen LogP contribution in [0.15, 0.2) is 4.99 Å². The van der Waals surface area contributed by atoms with E-state index in [4.69, 9.17) is 0 Å². The first-order valence-electron chi connectivity index (χ1n) is 4.17. The van der Waals surface area contributed by atoms with Crippen molar-refractivity contribution in [2.24, 2.45) is 4.99 Å². The molecule has 1 aliphatic heterocycles. The summed E-state index contributed by atoms with van der Waals surface area (Å²) in [6, 6.07) is 0. The third-order valence-corrected chi connectivity index (χ3v) is 3.01. The molecule has 0 aromatic rings. The van der Waals surface area contributed by atoms with Crippen molar-refractivity contribution >= 4 is 21.5 Å². The Morgan fingerprint density at radius 1 is 1.38 bits per heavy atom. The van der Waals surface area contributed by atoms with E-state index in [1.807, 2.05) is 0 Å². The van der Waals surface area contributed by atoms with Crippen molar-refractivity contribution in [3.8, 4) is 0 Å². The van der Waals surface area contributed by atoms with Crippen LogP contribution in [-0.2, 0) is 14.3 Å². The molecule has 0 amide bonds. The average Bonchev–Trinajstić information content (AvgIpc) is 2.21. The summed E-state index contributed by atoms with van der Waals surface area (Å²) >= 11 is 0. The molecule has 1 rings (SSSR count). The molecule has 1 heterocycles. The zero-order chi connectivity index (χ0) is 12.8. The second kappa shape index (κ2) is 3.52. The van der Waals surface area contributed by atoms with E-state index in [0.717, 1.165) is 6.92 Å². The maximum Gasteiger partial charge on any atom is 0.523 e. The number of hydrogen-bond donors (Lipinski definition) is 1. The van der Waals surface area contributed by atoms with E-state index < -0.39 is 21.5 Å². The fourth-order valence-corrected chi connectivity index (χ4v) is 1.77. The number of halogens is 3. The zero-order valence-corrected chi connectivity index (χ0v) is 9.53. The van der Waals surface area contributed by atoms with E-state index in [0.29, 0.717) is 11.4 Å². The predicted octanol–water partition coefficient (Wildman–Crippen LogP) is -0.458. The first-order valence-corrected chi connectivity index (χ1v) is 5.58. The first kappa shape index (κ1) is 13.1. The Balaban J connectivity index is 3.02. The molecule has 0 radical (unpaired) electrons. The minimum absolute atomic E-state index is 0.389. The van der Waals surface area contributed by atoms with Crippen molar-refractivity contribution in [3.63, 3.8) is 0 Å². The molecule has 9 heteroatoms. The fourth-order valence-electron chi connectivity index (χ4n) is 1.17. The van der Waals surface area contributed by atoms with Gasteiger partial charge in [-0.05, 0) is 6.92 Å². The van der Waals surface area contributed by atoms with E-state index in [2.05, 4.69) is 14.2 Å². The van der Waals surface area contributed by atoms with E-state index >= 15 is 0 Å². The lowest BCUT2D eigenvalue weighted by Gasteiger charge is -2.13. The maximum absolute atomic E-state index is 12.1. The SMILES string of the molecule is CC1=NC(C)(OS(=O)(=O)C(F)(F)F)[NH+]=C1C. The number of alkyl halides is 3. The van der Waals surface area contributed by atoms with Crippen LogP contribution >= 0.6 is 0 Å². The molecule has 1 unspecified atom stereocenters. The van der Waals surface area contributed by atoms with Gasteiger partial charge in [-0.3, -0.25) is 0 Å². The van der Waals surface area contributed by atoms with Crippen LogP contribution in [0.3, 0.4) is 0 Å². The molecule has 0 bridgehead atoms. The molecule has 0 aromatic carbocycles. The number of nitrogens with zero attached hydrogens (tertiary/aromatic N) is 1. The van der Waals surface area contributed by atoms with Crippen LogP contribution < -0.4 is 4.99 Å². The highest BCUT2D eigenvalue weighted by atomic mass is 32.2. The summed E-state index contributed by atoms with van der Waals surface area (Å²) in [6.07, 6.45) is 0. The minimum atomic E-state index is -5.67. The number of hydrogen-bond acceptors (Lipinski definition) is 4. The molecule has 16 heavy (non-hydrogen) atoms. The minimum Gasteiger partial charge on any atom is -0.193 e. The Labute approximate surface area is 90.2 Å². The van der Waals surface area contributed by atoms with Crippen molar-refractivity contribution in [1.82, 2.24) is 0 Å². The van der Waals surface area contributed by atoms with Crippen molar-refractivity contribution in [1.29, 1.82) is 0 Å². The van der Waals surface area contributed by atoms with Gasteiger partial charge in [0.2, 0.25) is 0 Å². The molecular formula is C7H10F3N2O3S+. The van der Waals surface area contributed by atoms with Gasteiger partial charge in [-0.15, -0.1) is 0 Å². The van der Waals surface area contributed by atoms with Crippen LogP contribution in [0.1, 0.15) is 20.8 Å². The van der Waals surface area contributed by atoms with Crippen LogP contribution in [0.4, 0.5) is 13.2 Å². The van der Waals surface area contributed by atoms with E-state index in [-0.39, 0.29) is 0 Å². The molecule has 0 aliphatic carbocycles. The van der Waals surface area contributed by atoms with E-state index in [1.54, 1.807) is 6.92 Å². The topological polar surface area (TPSA) is 69.7 Å². The van der Waals surface area contributed by atoms with Gasteiger partial charge < -0.3 is 0 Å². The standard InChI is InChI=1S/C7H9F3N2O3S/c1-4-5(2)12-6(3,11-4)15-16(13,14)7(8,9)10/h1-3H3/p+1. The Hall–Kier alpha value is -0.960. The van der Waals surface area contributed by atoms with Gasteiger partial charge >= 0.3 is 21.5 Å². The van der Waals surface area contributed by atoms with E-state index in [1.165, 1.54) is 6.92 Å². The molecule has 0 fully saturated rings. The summed E-state index contributed by atoms with van der Waals surface area (Å²) in [4.78, 5) is 6.09. The summed E-state index contributed by atoms with van der Waals surface area (Å²) in [7, 11) is -5.67. The van der Waals surface area contributed by atoms with Crippen LogP contribution in [0.2, 0.25) is 0 Å². The summed E-state index contributed by atoms with van der Waals surface area (Å²) in [5, 5.41) is 0.